The lowest BCUT2D eigenvalue weighted by atomic mass is 9.88. The summed E-state index contributed by atoms with van der Waals surface area (Å²) in [5, 5.41) is 31.6. The number of aliphatic hydroxyl groups is 3. The molecule has 6 heteroatoms. The molecule has 0 aromatic rings. The van der Waals surface area contributed by atoms with Gasteiger partial charge < -0.3 is 20.6 Å². The van der Waals surface area contributed by atoms with Crippen molar-refractivity contribution in [3.63, 3.8) is 0 Å². The van der Waals surface area contributed by atoms with Crippen LogP contribution in [0.5, 0.6) is 0 Å². The minimum atomic E-state index is -0.646. The van der Waals surface area contributed by atoms with E-state index in [2.05, 4.69) is 12.2 Å². The van der Waals surface area contributed by atoms with Crippen molar-refractivity contribution in [2.75, 3.05) is 13.2 Å². The summed E-state index contributed by atoms with van der Waals surface area (Å²) in [6.45, 7) is 2.38. The van der Waals surface area contributed by atoms with Crippen LogP contribution in [0.15, 0.2) is 12.2 Å². The number of ketones is 1. The molecule has 4 atom stereocenters. The second kappa shape index (κ2) is 14.7. The van der Waals surface area contributed by atoms with E-state index in [1.807, 2.05) is 6.08 Å². The first-order valence-corrected chi connectivity index (χ1v) is 10.9. The molecule has 162 valence electrons. The second-order valence-corrected chi connectivity index (χ2v) is 7.90. The van der Waals surface area contributed by atoms with E-state index in [1.54, 1.807) is 6.08 Å². The third-order valence-corrected chi connectivity index (χ3v) is 5.49. The van der Waals surface area contributed by atoms with Crippen LogP contribution in [0.25, 0.3) is 0 Å². The average molecular weight is 398 g/mol. The van der Waals surface area contributed by atoms with Crippen LogP contribution in [0.1, 0.15) is 77.6 Å². The Hall–Kier alpha value is -1.24. The number of nitrogens with one attached hydrogen (secondary N) is 1. The van der Waals surface area contributed by atoms with Crippen LogP contribution in [0.2, 0.25) is 0 Å². The van der Waals surface area contributed by atoms with Crippen LogP contribution in [0.4, 0.5) is 0 Å². The zero-order chi connectivity index (χ0) is 20.8. The highest BCUT2D eigenvalue weighted by Gasteiger charge is 2.39. The van der Waals surface area contributed by atoms with Gasteiger partial charge in [0.15, 0.2) is 0 Å². The molecular weight excluding hydrogens is 358 g/mol. The maximum absolute atomic E-state index is 12.2. The monoisotopic (exact) mass is 397 g/mol. The van der Waals surface area contributed by atoms with Crippen LogP contribution >= 0.6 is 0 Å². The number of unbranched alkanes of at least 4 members (excludes halogenated alkanes) is 5. The van der Waals surface area contributed by atoms with E-state index >= 15 is 0 Å². The van der Waals surface area contributed by atoms with Crippen LogP contribution in [-0.4, -0.2) is 52.4 Å². The molecule has 1 amide bonds. The van der Waals surface area contributed by atoms with Gasteiger partial charge in [-0.15, -0.1) is 0 Å². The van der Waals surface area contributed by atoms with E-state index in [9.17, 15) is 19.8 Å². The third-order valence-electron chi connectivity index (χ3n) is 5.49. The Balaban J connectivity index is 2.31. The van der Waals surface area contributed by atoms with E-state index in [0.29, 0.717) is 13.0 Å². The first kappa shape index (κ1) is 24.8. The van der Waals surface area contributed by atoms with Crippen molar-refractivity contribution in [2.45, 2.75) is 89.8 Å². The number of aliphatic hydroxyl groups excluding tert-OH is 3. The molecule has 0 saturated heterocycles. The number of amides is 1. The van der Waals surface area contributed by atoms with Crippen molar-refractivity contribution in [1.29, 1.82) is 0 Å². The molecule has 0 unspecified atom stereocenters. The van der Waals surface area contributed by atoms with Gasteiger partial charge in [-0.25, -0.2) is 0 Å². The first-order valence-electron chi connectivity index (χ1n) is 10.9. The Morgan fingerprint density at radius 2 is 1.96 bits per heavy atom. The van der Waals surface area contributed by atoms with E-state index in [0.717, 1.165) is 57.8 Å². The van der Waals surface area contributed by atoms with Gasteiger partial charge in [0.25, 0.3) is 0 Å². The predicted octanol–water partition coefficient (Wildman–Crippen LogP) is 2.50. The summed E-state index contributed by atoms with van der Waals surface area (Å²) in [7, 11) is 0. The van der Waals surface area contributed by atoms with Gasteiger partial charge in [-0.3, -0.25) is 9.59 Å². The Morgan fingerprint density at radius 1 is 1.21 bits per heavy atom. The summed E-state index contributed by atoms with van der Waals surface area (Å²) >= 11 is 0. The van der Waals surface area contributed by atoms with Crippen molar-refractivity contribution in [2.24, 2.45) is 11.8 Å². The lowest BCUT2D eigenvalue weighted by molar-refractivity contribution is -0.122. The lowest BCUT2D eigenvalue weighted by Crippen LogP contribution is -2.25. The third kappa shape index (κ3) is 9.80. The normalized spacial score (nSPS) is 23.4. The molecule has 0 spiro atoms. The maximum Gasteiger partial charge on any atom is 0.220 e. The largest absolute Gasteiger partial charge is 0.395 e. The molecule has 1 aliphatic carbocycles. The van der Waals surface area contributed by atoms with E-state index in [-0.39, 0.29) is 36.6 Å². The number of rotatable bonds is 15. The molecule has 1 fully saturated rings. The maximum atomic E-state index is 12.2. The van der Waals surface area contributed by atoms with Gasteiger partial charge in [-0.05, 0) is 19.3 Å². The molecule has 0 aromatic carbocycles. The first-order chi connectivity index (χ1) is 13.5. The van der Waals surface area contributed by atoms with Crippen molar-refractivity contribution < 1.29 is 24.9 Å². The van der Waals surface area contributed by atoms with Gasteiger partial charge in [0.1, 0.15) is 5.78 Å². The molecular formula is C22H39NO5. The Morgan fingerprint density at radius 3 is 2.68 bits per heavy atom. The molecule has 1 rings (SSSR count). The van der Waals surface area contributed by atoms with Crippen LogP contribution in [0.3, 0.4) is 0 Å². The van der Waals surface area contributed by atoms with Gasteiger partial charge in [-0.1, -0.05) is 57.6 Å². The molecule has 0 aliphatic heterocycles. The summed E-state index contributed by atoms with van der Waals surface area (Å²) in [5.41, 5.74) is 0. The molecule has 4 N–H and O–H groups in total. The fraction of sp³-hybridized carbons (Fsp3) is 0.818. The van der Waals surface area contributed by atoms with Crippen LogP contribution in [0, 0.1) is 11.8 Å². The summed E-state index contributed by atoms with van der Waals surface area (Å²) in [4.78, 5) is 23.7. The quantitative estimate of drug-likeness (QED) is 0.251. The highest BCUT2D eigenvalue weighted by Crippen LogP contribution is 2.34. The van der Waals surface area contributed by atoms with Crippen molar-refractivity contribution in [3.05, 3.63) is 12.2 Å². The fourth-order valence-electron chi connectivity index (χ4n) is 3.84. The lowest BCUT2D eigenvalue weighted by Gasteiger charge is -2.18. The Kier molecular flexibility index (Phi) is 13.0. The topological polar surface area (TPSA) is 107 Å². The zero-order valence-corrected chi connectivity index (χ0v) is 17.3. The van der Waals surface area contributed by atoms with Crippen molar-refractivity contribution in [3.8, 4) is 0 Å². The zero-order valence-electron chi connectivity index (χ0n) is 17.3. The van der Waals surface area contributed by atoms with Crippen molar-refractivity contribution in [1.82, 2.24) is 5.32 Å². The summed E-state index contributed by atoms with van der Waals surface area (Å²) in [5.74, 6) is -0.281. The molecule has 6 nitrogen and oxygen atoms in total. The number of hydrogen-bond donors (Lipinski definition) is 4. The number of carbonyl (C=O) groups excluding carboxylic acids is 2. The van der Waals surface area contributed by atoms with E-state index in [1.165, 1.54) is 0 Å². The Bertz CT molecular complexity index is 480. The molecule has 0 aromatic heterocycles. The van der Waals surface area contributed by atoms with Gasteiger partial charge >= 0.3 is 0 Å². The van der Waals surface area contributed by atoms with E-state index in [4.69, 9.17) is 5.11 Å². The standard InChI is InChI=1S/C22H39NO5/c1-2-3-6-9-17(25)12-13-19-18(20(26)16-21(19)27)10-7-4-5-8-11-22(28)23-14-15-24/h12-13,17-19,21,24-25,27H,2-11,14-16H2,1H3,(H,23,28)/b13-12+/t17-,18+,19+,21+/m0/s1. The van der Waals surface area contributed by atoms with Gasteiger partial charge in [-0.2, -0.15) is 0 Å². The number of carbonyl (C=O) groups is 2. The van der Waals surface area contributed by atoms with Gasteiger partial charge in [0.2, 0.25) is 5.91 Å². The number of Topliss-reactive ketones (excluding diaryl/α,β-unsaturated/α-hetero) is 1. The molecule has 0 bridgehead atoms. The van der Waals surface area contributed by atoms with Crippen LogP contribution < -0.4 is 5.32 Å². The second-order valence-electron chi connectivity index (χ2n) is 7.90. The molecule has 28 heavy (non-hydrogen) atoms. The fourth-order valence-corrected chi connectivity index (χ4v) is 3.84. The Labute approximate surface area is 169 Å². The summed E-state index contributed by atoms with van der Waals surface area (Å²) in [6, 6.07) is 0. The minimum Gasteiger partial charge on any atom is -0.395 e. The smallest absolute Gasteiger partial charge is 0.220 e. The molecule has 0 heterocycles. The van der Waals surface area contributed by atoms with Crippen molar-refractivity contribution >= 4 is 11.7 Å². The summed E-state index contributed by atoms with van der Waals surface area (Å²) in [6.07, 6.45) is 11.3. The SMILES string of the molecule is CCCCC[C@H](O)/C=C/[C@H]1[C@H](O)CC(=O)[C@@H]1CCCCCCC(=O)NCCO. The number of hydrogen-bond acceptors (Lipinski definition) is 5. The molecule has 1 saturated carbocycles. The molecule has 1 aliphatic rings. The minimum absolute atomic E-state index is 0.0363. The predicted molar refractivity (Wildman–Crippen MR) is 110 cm³/mol. The molecule has 0 radical (unpaired) electrons. The van der Waals surface area contributed by atoms with Gasteiger partial charge in [0.05, 0.1) is 18.8 Å². The summed E-state index contributed by atoms with van der Waals surface area (Å²) < 4.78 is 0. The average Bonchev–Trinajstić information content (AvgIpc) is 2.94. The van der Waals surface area contributed by atoms with Crippen LogP contribution in [-0.2, 0) is 9.59 Å². The highest BCUT2D eigenvalue weighted by atomic mass is 16.3. The highest BCUT2D eigenvalue weighted by molar-refractivity contribution is 5.84. The van der Waals surface area contributed by atoms with E-state index < -0.39 is 12.2 Å². The van der Waals surface area contributed by atoms with Gasteiger partial charge in [0, 0.05) is 31.2 Å².